The van der Waals surface area contributed by atoms with Crippen LogP contribution in [0.3, 0.4) is 0 Å². The van der Waals surface area contributed by atoms with E-state index >= 15 is 0 Å². The van der Waals surface area contributed by atoms with E-state index < -0.39 is 5.97 Å². The van der Waals surface area contributed by atoms with Gasteiger partial charge in [0, 0.05) is 5.92 Å². The Morgan fingerprint density at radius 2 is 2.10 bits per heavy atom. The van der Waals surface area contributed by atoms with E-state index in [1.807, 2.05) is 13.8 Å². The Morgan fingerprint density at radius 1 is 1.40 bits per heavy atom. The molecule has 1 N–H and O–H groups in total. The van der Waals surface area contributed by atoms with Crippen molar-refractivity contribution in [3.63, 3.8) is 0 Å². The number of aromatic nitrogens is 2. The highest BCUT2D eigenvalue weighted by Gasteiger charge is 2.26. The molecule has 1 heterocycles. The second-order valence-corrected chi connectivity index (χ2v) is 5.82. The molecule has 1 saturated carbocycles. The summed E-state index contributed by atoms with van der Waals surface area (Å²) >= 11 is 0. The van der Waals surface area contributed by atoms with Crippen molar-refractivity contribution in [3.8, 4) is 5.75 Å². The number of hydrogen-bond donors (Lipinski definition) is 1. The largest absolute Gasteiger partial charge is 0.486 e. The fourth-order valence-electron chi connectivity index (χ4n) is 2.52. The van der Waals surface area contributed by atoms with E-state index in [9.17, 15) is 9.90 Å². The Morgan fingerprint density at radius 3 is 2.70 bits per heavy atom. The van der Waals surface area contributed by atoms with Gasteiger partial charge < -0.3 is 9.84 Å². The molecule has 0 radical (unpaired) electrons. The summed E-state index contributed by atoms with van der Waals surface area (Å²) in [6.07, 6.45) is 6.00. The molecule has 1 aliphatic rings. The van der Waals surface area contributed by atoms with Crippen LogP contribution in [0.4, 0.5) is 0 Å². The van der Waals surface area contributed by atoms with Crippen molar-refractivity contribution in [3.05, 3.63) is 17.7 Å². The minimum Gasteiger partial charge on any atom is -0.486 e. The summed E-state index contributed by atoms with van der Waals surface area (Å²) in [7, 11) is 0. The number of hydrogen-bond acceptors (Lipinski definition) is 4. The summed E-state index contributed by atoms with van der Waals surface area (Å²) in [5.41, 5.74) is -0.0264. The van der Waals surface area contributed by atoms with Gasteiger partial charge >= 0.3 is 5.97 Å². The third-order valence-electron chi connectivity index (χ3n) is 3.80. The van der Waals surface area contributed by atoms with Crippen molar-refractivity contribution in [2.75, 3.05) is 0 Å². The molecule has 5 nitrogen and oxygen atoms in total. The van der Waals surface area contributed by atoms with Gasteiger partial charge in [-0.2, -0.15) is 0 Å². The molecule has 110 valence electrons. The summed E-state index contributed by atoms with van der Waals surface area (Å²) in [6.45, 7) is 6.02. The standard InChI is InChI=1S/C15H22N2O3/c1-9(2)14-16-8-12(13(17-14)15(18)19)20-11-7-5-4-6-10(11)3/h8-11H,4-7H2,1-3H3,(H,18,19). The van der Waals surface area contributed by atoms with Crippen LogP contribution in [0, 0.1) is 5.92 Å². The normalized spacial score (nSPS) is 22.8. The van der Waals surface area contributed by atoms with Crippen LogP contribution in [0.15, 0.2) is 6.20 Å². The number of carboxylic acid groups (broad SMARTS) is 1. The average molecular weight is 278 g/mol. The highest BCUT2D eigenvalue weighted by atomic mass is 16.5. The van der Waals surface area contributed by atoms with Crippen LogP contribution in [-0.2, 0) is 0 Å². The van der Waals surface area contributed by atoms with Crippen LogP contribution >= 0.6 is 0 Å². The molecule has 2 atom stereocenters. The SMILES string of the molecule is CC(C)c1ncc(OC2CCCCC2C)c(C(=O)O)n1. The summed E-state index contributed by atoms with van der Waals surface area (Å²) in [6, 6.07) is 0. The first-order valence-corrected chi connectivity index (χ1v) is 7.26. The van der Waals surface area contributed by atoms with Crippen LogP contribution in [-0.4, -0.2) is 27.1 Å². The second-order valence-electron chi connectivity index (χ2n) is 5.82. The van der Waals surface area contributed by atoms with E-state index in [-0.39, 0.29) is 17.7 Å². The molecule has 0 saturated heterocycles. The molecule has 0 aromatic carbocycles. The van der Waals surface area contributed by atoms with Crippen LogP contribution in [0.25, 0.3) is 0 Å². The van der Waals surface area contributed by atoms with Crippen molar-refractivity contribution in [1.29, 1.82) is 0 Å². The van der Waals surface area contributed by atoms with Crippen molar-refractivity contribution in [1.82, 2.24) is 9.97 Å². The molecule has 1 aromatic rings. The monoisotopic (exact) mass is 278 g/mol. The Bertz CT molecular complexity index is 488. The van der Waals surface area contributed by atoms with Crippen LogP contribution in [0.1, 0.15) is 68.7 Å². The van der Waals surface area contributed by atoms with E-state index in [1.54, 1.807) is 0 Å². The third-order valence-corrected chi connectivity index (χ3v) is 3.80. The highest BCUT2D eigenvalue weighted by molar-refractivity contribution is 5.88. The fraction of sp³-hybridized carbons (Fsp3) is 0.667. The minimum atomic E-state index is -1.06. The molecule has 2 unspecified atom stereocenters. The number of ether oxygens (including phenoxy) is 1. The summed E-state index contributed by atoms with van der Waals surface area (Å²) in [5, 5.41) is 9.30. The van der Waals surface area contributed by atoms with E-state index in [0.717, 1.165) is 19.3 Å². The Balaban J connectivity index is 2.24. The fourth-order valence-corrected chi connectivity index (χ4v) is 2.52. The quantitative estimate of drug-likeness (QED) is 0.915. The number of nitrogens with zero attached hydrogens (tertiary/aromatic N) is 2. The zero-order valence-corrected chi connectivity index (χ0v) is 12.3. The molecular formula is C15H22N2O3. The lowest BCUT2D eigenvalue weighted by molar-refractivity contribution is 0.0663. The summed E-state index contributed by atoms with van der Waals surface area (Å²) < 4.78 is 5.89. The van der Waals surface area contributed by atoms with Gasteiger partial charge in [-0.1, -0.05) is 27.2 Å². The molecule has 20 heavy (non-hydrogen) atoms. The Kier molecular flexibility index (Phi) is 4.57. The zero-order chi connectivity index (χ0) is 14.7. The number of carbonyl (C=O) groups is 1. The maximum atomic E-state index is 11.3. The summed E-state index contributed by atoms with van der Waals surface area (Å²) in [5.74, 6) is 0.297. The van der Waals surface area contributed by atoms with Crippen LogP contribution < -0.4 is 4.74 Å². The van der Waals surface area contributed by atoms with E-state index in [4.69, 9.17) is 4.74 Å². The van der Waals surface area contributed by atoms with Gasteiger partial charge in [-0.3, -0.25) is 0 Å². The summed E-state index contributed by atoms with van der Waals surface area (Å²) in [4.78, 5) is 19.7. The molecule has 0 bridgehead atoms. The third kappa shape index (κ3) is 3.26. The second kappa shape index (κ2) is 6.20. The van der Waals surface area contributed by atoms with Gasteiger partial charge in [-0.15, -0.1) is 0 Å². The maximum Gasteiger partial charge on any atom is 0.358 e. The van der Waals surface area contributed by atoms with Gasteiger partial charge in [-0.25, -0.2) is 14.8 Å². The lowest BCUT2D eigenvalue weighted by Crippen LogP contribution is -2.29. The molecule has 5 heteroatoms. The zero-order valence-electron chi connectivity index (χ0n) is 12.3. The van der Waals surface area contributed by atoms with Gasteiger partial charge in [0.2, 0.25) is 0 Å². The molecule has 2 rings (SSSR count). The molecular weight excluding hydrogens is 256 g/mol. The lowest BCUT2D eigenvalue weighted by atomic mass is 9.88. The van der Waals surface area contributed by atoms with Gasteiger partial charge in [0.1, 0.15) is 11.9 Å². The van der Waals surface area contributed by atoms with E-state index in [1.165, 1.54) is 12.6 Å². The number of carboxylic acids is 1. The Hall–Kier alpha value is -1.65. The molecule has 0 aliphatic heterocycles. The number of aromatic carboxylic acids is 1. The van der Waals surface area contributed by atoms with Gasteiger partial charge in [0.05, 0.1) is 6.20 Å². The van der Waals surface area contributed by atoms with Crippen LogP contribution in [0.5, 0.6) is 5.75 Å². The minimum absolute atomic E-state index is 0.0264. The molecule has 1 aromatic heterocycles. The average Bonchev–Trinajstić information content (AvgIpc) is 2.41. The predicted molar refractivity (Wildman–Crippen MR) is 75.1 cm³/mol. The van der Waals surface area contributed by atoms with Gasteiger partial charge in [0.25, 0.3) is 0 Å². The molecule has 1 fully saturated rings. The first kappa shape index (κ1) is 14.8. The first-order chi connectivity index (χ1) is 9.49. The van der Waals surface area contributed by atoms with Crippen molar-refractivity contribution >= 4 is 5.97 Å². The van der Waals surface area contributed by atoms with Crippen molar-refractivity contribution in [2.24, 2.45) is 5.92 Å². The highest BCUT2D eigenvalue weighted by Crippen LogP contribution is 2.29. The van der Waals surface area contributed by atoms with Crippen LogP contribution in [0.2, 0.25) is 0 Å². The molecule has 1 aliphatic carbocycles. The van der Waals surface area contributed by atoms with Gasteiger partial charge in [-0.05, 0) is 25.2 Å². The molecule has 0 amide bonds. The first-order valence-electron chi connectivity index (χ1n) is 7.26. The van der Waals surface area contributed by atoms with Crippen molar-refractivity contribution < 1.29 is 14.6 Å². The predicted octanol–water partition coefficient (Wildman–Crippen LogP) is 3.26. The Labute approximate surface area is 119 Å². The lowest BCUT2D eigenvalue weighted by Gasteiger charge is -2.29. The van der Waals surface area contributed by atoms with E-state index in [0.29, 0.717) is 17.5 Å². The van der Waals surface area contributed by atoms with Gasteiger partial charge in [0.15, 0.2) is 11.4 Å². The topological polar surface area (TPSA) is 72.3 Å². The van der Waals surface area contributed by atoms with Crippen molar-refractivity contribution in [2.45, 2.75) is 58.5 Å². The molecule has 0 spiro atoms. The smallest absolute Gasteiger partial charge is 0.358 e. The van der Waals surface area contributed by atoms with E-state index in [2.05, 4.69) is 16.9 Å². The maximum absolute atomic E-state index is 11.3. The number of rotatable bonds is 4.